The van der Waals surface area contributed by atoms with Crippen LogP contribution in [0.4, 0.5) is 0 Å². The Balaban J connectivity index is 1.79. The first-order valence-corrected chi connectivity index (χ1v) is 8.80. The lowest BCUT2D eigenvalue weighted by Gasteiger charge is -2.18. The van der Waals surface area contributed by atoms with Gasteiger partial charge < -0.3 is 19.5 Å². The van der Waals surface area contributed by atoms with Gasteiger partial charge >= 0.3 is 5.97 Å². The van der Waals surface area contributed by atoms with Crippen molar-refractivity contribution in [3.05, 3.63) is 59.1 Å². The normalized spacial score (nSPS) is 12.6. The summed E-state index contributed by atoms with van der Waals surface area (Å²) >= 11 is 5.81. The van der Waals surface area contributed by atoms with Gasteiger partial charge in [0.15, 0.2) is 12.2 Å². The quantitative estimate of drug-likeness (QED) is 0.698. The summed E-state index contributed by atoms with van der Waals surface area (Å²) < 4.78 is 15.7. The van der Waals surface area contributed by atoms with Gasteiger partial charge in [-0.2, -0.15) is 0 Å². The van der Waals surface area contributed by atoms with Gasteiger partial charge in [0.05, 0.1) is 7.11 Å². The molecule has 0 aromatic heterocycles. The van der Waals surface area contributed by atoms with E-state index in [1.165, 1.54) is 6.92 Å². The molecule has 0 aliphatic carbocycles. The van der Waals surface area contributed by atoms with Crippen LogP contribution in [0.25, 0.3) is 0 Å². The molecule has 0 saturated heterocycles. The number of hydrogen-bond donors (Lipinski definition) is 1. The molecule has 7 heteroatoms. The fourth-order valence-electron chi connectivity index (χ4n) is 2.17. The molecular formula is C20H22ClNO5. The highest BCUT2D eigenvalue weighted by molar-refractivity contribution is 6.30. The molecule has 0 aliphatic heterocycles. The van der Waals surface area contributed by atoms with E-state index in [4.69, 9.17) is 25.8 Å². The van der Waals surface area contributed by atoms with Gasteiger partial charge in [-0.3, -0.25) is 4.79 Å². The Labute approximate surface area is 163 Å². The summed E-state index contributed by atoms with van der Waals surface area (Å²) in [7, 11) is 1.59. The molecule has 1 amide bonds. The molecule has 0 radical (unpaired) electrons. The van der Waals surface area contributed by atoms with Gasteiger partial charge in [0.2, 0.25) is 0 Å². The third kappa shape index (κ3) is 6.49. The van der Waals surface area contributed by atoms with Crippen LogP contribution in [0, 0.1) is 0 Å². The van der Waals surface area contributed by atoms with Crippen molar-refractivity contribution in [2.75, 3.05) is 7.11 Å². The molecule has 2 rings (SSSR count). The first-order valence-electron chi connectivity index (χ1n) is 8.42. The van der Waals surface area contributed by atoms with E-state index >= 15 is 0 Å². The van der Waals surface area contributed by atoms with Gasteiger partial charge in [0.1, 0.15) is 11.5 Å². The number of halogens is 1. The largest absolute Gasteiger partial charge is 0.497 e. The number of benzene rings is 2. The minimum absolute atomic E-state index is 0.321. The maximum Gasteiger partial charge on any atom is 0.347 e. The lowest BCUT2D eigenvalue weighted by Crippen LogP contribution is -2.38. The molecule has 1 N–H and O–H groups in total. The first kappa shape index (κ1) is 20.6. The van der Waals surface area contributed by atoms with E-state index < -0.39 is 24.1 Å². The van der Waals surface area contributed by atoms with Crippen LogP contribution in [0.5, 0.6) is 11.5 Å². The molecule has 0 heterocycles. The molecule has 0 bridgehead atoms. The smallest absolute Gasteiger partial charge is 0.347 e. The summed E-state index contributed by atoms with van der Waals surface area (Å²) in [6.45, 7) is 3.39. The van der Waals surface area contributed by atoms with E-state index in [-0.39, 0.29) is 0 Å². The molecule has 27 heavy (non-hydrogen) atoms. The Hall–Kier alpha value is -2.73. The molecule has 0 aliphatic rings. The van der Waals surface area contributed by atoms with E-state index in [2.05, 4.69) is 5.32 Å². The summed E-state index contributed by atoms with van der Waals surface area (Å²) in [6.07, 6.45) is -1.80. The van der Waals surface area contributed by atoms with Crippen LogP contribution in [0.1, 0.15) is 19.4 Å². The number of ether oxygens (including phenoxy) is 3. The Morgan fingerprint density at radius 3 is 2.15 bits per heavy atom. The standard InChI is InChI=1S/C20H22ClNO5/c1-13(19(23)22-12-15-4-8-17(25-3)9-5-15)27-20(24)14(2)26-18-10-6-16(21)7-11-18/h4-11,13-14H,12H2,1-3H3,(H,22,23)/t13-,14-/m1/s1. The molecular weight excluding hydrogens is 370 g/mol. The van der Waals surface area contributed by atoms with Crippen molar-refractivity contribution in [1.29, 1.82) is 0 Å². The van der Waals surface area contributed by atoms with Crippen LogP contribution < -0.4 is 14.8 Å². The van der Waals surface area contributed by atoms with Crippen molar-refractivity contribution in [3.8, 4) is 11.5 Å². The van der Waals surface area contributed by atoms with E-state index in [1.54, 1.807) is 50.4 Å². The molecule has 144 valence electrons. The number of esters is 1. The van der Waals surface area contributed by atoms with E-state index in [0.717, 1.165) is 11.3 Å². The number of amides is 1. The zero-order chi connectivity index (χ0) is 19.8. The van der Waals surface area contributed by atoms with Gasteiger partial charge in [-0.1, -0.05) is 23.7 Å². The molecule has 2 aromatic rings. The van der Waals surface area contributed by atoms with Gasteiger partial charge in [-0.15, -0.1) is 0 Å². The van der Waals surface area contributed by atoms with Crippen LogP contribution in [0.3, 0.4) is 0 Å². The van der Waals surface area contributed by atoms with Crippen LogP contribution in [-0.2, 0) is 20.9 Å². The minimum Gasteiger partial charge on any atom is -0.497 e. The van der Waals surface area contributed by atoms with Crippen LogP contribution >= 0.6 is 11.6 Å². The molecule has 0 saturated carbocycles. The van der Waals surface area contributed by atoms with Crippen molar-refractivity contribution >= 4 is 23.5 Å². The number of methoxy groups -OCH3 is 1. The summed E-state index contributed by atoms with van der Waals surface area (Å²) in [4.78, 5) is 24.2. The highest BCUT2D eigenvalue weighted by atomic mass is 35.5. The fourth-order valence-corrected chi connectivity index (χ4v) is 2.29. The zero-order valence-corrected chi connectivity index (χ0v) is 16.2. The average Bonchev–Trinajstić information content (AvgIpc) is 2.68. The summed E-state index contributed by atoms with van der Waals surface area (Å²) in [5.74, 6) is 0.206. The van der Waals surface area contributed by atoms with Crippen LogP contribution in [-0.4, -0.2) is 31.2 Å². The Morgan fingerprint density at radius 2 is 1.56 bits per heavy atom. The van der Waals surface area contributed by atoms with Crippen molar-refractivity contribution in [3.63, 3.8) is 0 Å². The topological polar surface area (TPSA) is 73.9 Å². The monoisotopic (exact) mass is 391 g/mol. The average molecular weight is 392 g/mol. The summed E-state index contributed by atoms with van der Waals surface area (Å²) in [5.41, 5.74) is 0.905. The van der Waals surface area contributed by atoms with Crippen LogP contribution in [0.15, 0.2) is 48.5 Å². The highest BCUT2D eigenvalue weighted by Crippen LogP contribution is 2.17. The van der Waals surface area contributed by atoms with E-state index in [9.17, 15) is 9.59 Å². The SMILES string of the molecule is COc1ccc(CNC(=O)[C@@H](C)OC(=O)[C@@H](C)Oc2ccc(Cl)cc2)cc1. The molecule has 0 fully saturated rings. The Kier molecular flexibility index (Phi) is 7.49. The van der Waals surface area contributed by atoms with Gasteiger partial charge in [-0.05, 0) is 55.8 Å². The summed E-state index contributed by atoms with van der Waals surface area (Å²) in [5, 5.41) is 3.29. The number of rotatable bonds is 8. The van der Waals surface area contributed by atoms with Gasteiger partial charge in [0.25, 0.3) is 5.91 Å². The lowest BCUT2D eigenvalue weighted by molar-refractivity contribution is -0.160. The third-order valence-corrected chi connectivity index (χ3v) is 4.00. The zero-order valence-electron chi connectivity index (χ0n) is 15.4. The predicted octanol–water partition coefficient (Wildman–Crippen LogP) is 3.36. The van der Waals surface area contributed by atoms with Gasteiger partial charge in [0, 0.05) is 11.6 Å². The Bertz CT molecular complexity index is 761. The maximum absolute atomic E-state index is 12.1. The van der Waals surface area contributed by atoms with Crippen LogP contribution in [0.2, 0.25) is 5.02 Å². The predicted molar refractivity (Wildman–Crippen MR) is 102 cm³/mol. The number of nitrogens with one attached hydrogen (secondary N) is 1. The number of hydrogen-bond acceptors (Lipinski definition) is 5. The molecule has 2 aromatic carbocycles. The van der Waals surface area contributed by atoms with Crippen molar-refractivity contribution < 1.29 is 23.8 Å². The van der Waals surface area contributed by atoms with Gasteiger partial charge in [-0.25, -0.2) is 4.79 Å². The summed E-state index contributed by atoms with van der Waals surface area (Å²) in [6, 6.07) is 13.9. The van der Waals surface area contributed by atoms with Crippen molar-refractivity contribution in [2.24, 2.45) is 0 Å². The number of carbonyl (C=O) groups excluding carboxylic acids is 2. The second-order valence-electron chi connectivity index (χ2n) is 5.86. The minimum atomic E-state index is -0.938. The molecule has 0 spiro atoms. The number of carbonyl (C=O) groups is 2. The van der Waals surface area contributed by atoms with Crippen molar-refractivity contribution in [2.45, 2.75) is 32.6 Å². The van der Waals surface area contributed by atoms with E-state index in [1.807, 2.05) is 12.1 Å². The highest BCUT2D eigenvalue weighted by Gasteiger charge is 2.23. The second kappa shape index (κ2) is 9.83. The first-order chi connectivity index (χ1) is 12.9. The second-order valence-corrected chi connectivity index (χ2v) is 6.30. The van der Waals surface area contributed by atoms with E-state index in [0.29, 0.717) is 17.3 Å². The van der Waals surface area contributed by atoms with Crippen molar-refractivity contribution in [1.82, 2.24) is 5.32 Å². The Morgan fingerprint density at radius 1 is 0.963 bits per heavy atom. The fraction of sp³-hybridized carbons (Fsp3) is 0.300. The molecule has 2 atom stereocenters. The third-order valence-electron chi connectivity index (χ3n) is 3.75. The molecule has 6 nitrogen and oxygen atoms in total. The maximum atomic E-state index is 12.1. The molecule has 0 unspecified atom stereocenters. The lowest BCUT2D eigenvalue weighted by atomic mass is 10.2.